The van der Waals surface area contributed by atoms with Crippen molar-refractivity contribution in [2.45, 2.75) is 38.8 Å². The zero-order chi connectivity index (χ0) is 13.4. The first kappa shape index (κ1) is 12.7. The quantitative estimate of drug-likeness (QED) is 0.871. The number of fused-ring (bicyclic) bond motifs is 2. The van der Waals surface area contributed by atoms with Crippen molar-refractivity contribution in [3.05, 3.63) is 35.4 Å². The van der Waals surface area contributed by atoms with E-state index in [1.807, 2.05) is 12.1 Å². The molecule has 2 aliphatic carbocycles. The molecule has 4 atom stereocenters. The SMILES string of the molecule is Cc1cccc(CNC(=O)C2C3CCC(C3)C2N)c1. The largest absolute Gasteiger partial charge is 0.352 e. The second-order valence-electron chi connectivity index (χ2n) is 6.14. The van der Waals surface area contributed by atoms with Gasteiger partial charge in [0.05, 0.1) is 5.92 Å². The lowest BCUT2D eigenvalue weighted by Gasteiger charge is -2.27. The molecule has 1 aromatic rings. The van der Waals surface area contributed by atoms with Crippen LogP contribution in [0.1, 0.15) is 30.4 Å². The molecule has 0 heterocycles. The molecule has 0 saturated heterocycles. The van der Waals surface area contributed by atoms with Gasteiger partial charge in [-0.1, -0.05) is 29.8 Å². The van der Waals surface area contributed by atoms with Gasteiger partial charge in [-0.25, -0.2) is 0 Å². The number of nitrogens with one attached hydrogen (secondary N) is 1. The molecule has 19 heavy (non-hydrogen) atoms. The van der Waals surface area contributed by atoms with Crippen LogP contribution in [0.25, 0.3) is 0 Å². The van der Waals surface area contributed by atoms with E-state index in [0.717, 1.165) is 12.0 Å². The van der Waals surface area contributed by atoms with Gasteiger partial charge in [0.25, 0.3) is 0 Å². The topological polar surface area (TPSA) is 55.1 Å². The highest BCUT2D eigenvalue weighted by molar-refractivity contribution is 5.80. The highest BCUT2D eigenvalue weighted by Crippen LogP contribution is 2.47. The van der Waals surface area contributed by atoms with Crippen LogP contribution in [0, 0.1) is 24.7 Å². The Bertz CT molecular complexity index is 483. The Morgan fingerprint density at radius 3 is 2.84 bits per heavy atom. The third kappa shape index (κ3) is 2.39. The Morgan fingerprint density at radius 1 is 1.37 bits per heavy atom. The molecule has 2 fully saturated rings. The van der Waals surface area contributed by atoms with E-state index in [1.54, 1.807) is 0 Å². The highest BCUT2D eigenvalue weighted by atomic mass is 16.1. The van der Waals surface area contributed by atoms with Crippen molar-refractivity contribution in [3.8, 4) is 0 Å². The summed E-state index contributed by atoms with van der Waals surface area (Å²) in [5.41, 5.74) is 8.58. The average molecular weight is 258 g/mol. The van der Waals surface area contributed by atoms with Crippen LogP contribution in [-0.2, 0) is 11.3 Å². The van der Waals surface area contributed by atoms with Crippen LogP contribution in [0.3, 0.4) is 0 Å². The van der Waals surface area contributed by atoms with Crippen molar-refractivity contribution in [2.75, 3.05) is 0 Å². The number of hydrogen-bond acceptors (Lipinski definition) is 2. The summed E-state index contributed by atoms with van der Waals surface area (Å²) < 4.78 is 0. The van der Waals surface area contributed by atoms with Crippen molar-refractivity contribution in [1.82, 2.24) is 5.32 Å². The summed E-state index contributed by atoms with van der Waals surface area (Å²) in [7, 11) is 0. The van der Waals surface area contributed by atoms with Crippen LogP contribution in [0.5, 0.6) is 0 Å². The minimum atomic E-state index is 0.0450. The molecule has 1 aromatic carbocycles. The average Bonchev–Trinajstić information content (AvgIpc) is 2.97. The normalized spacial score (nSPS) is 32.5. The van der Waals surface area contributed by atoms with Gasteiger partial charge in [0, 0.05) is 12.6 Å². The van der Waals surface area contributed by atoms with Gasteiger partial charge in [0.2, 0.25) is 5.91 Å². The molecule has 0 spiro atoms. The summed E-state index contributed by atoms with van der Waals surface area (Å²) in [6.07, 6.45) is 3.55. The van der Waals surface area contributed by atoms with E-state index in [0.29, 0.717) is 18.4 Å². The molecule has 3 N–H and O–H groups in total. The van der Waals surface area contributed by atoms with Gasteiger partial charge in [-0.05, 0) is 43.6 Å². The van der Waals surface area contributed by atoms with E-state index in [9.17, 15) is 4.79 Å². The Hall–Kier alpha value is -1.35. The molecule has 3 nitrogen and oxygen atoms in total. The van der Waals surface area contributed by atoms with Gasteiger partial charge >= 0.3 is 0 Å². The van der Waals surface area contributed by atoms with E-state index in [1.165, 1.54) is 18.4 Å². The molecular weight excluding hydrogens is 236 g/mol. The maximum absolute atomic E-state index is 12.3. The maximum Gasteiger partial charge on any atom is 0.225 e. The summed E-state index contributed by atoms with van der Waals surface area (Å²) in [5, 5.41) is 3.06. The fraction of sp³-hybridized carbons (Fsp3) is 0.562. The Labute approximate surface area is 114 Å². The summed E-state index contributed by atoms with van der Waals surface area (Å²) >= 11 is 0. The number of aryl methyl sites for hydroxylation is 1. The first-order valence-electron chi connectivity index (χ1n) is 7.24. The molecule has 102 valence electrons. The predicted molar refractivity (Wildman–Crippen MR) is 75.3 cm³/mol. The zero-order valence-corrected chi connectivity index (χ0v) is 11.4. The van der Waals surface area contributed by atoms with E-state index >= 15 is 0 Å². The minimum absolute atomic E-state index is 0.0450. The summed E-state index contributed by atoms with van der Waals surface area (Å²) in [6, 6.07) is 8.34. The van der Waals surface area contributed by atoms with Crippen molar-refractivity contribution < 1.29 is 4.79 Å². The van der Waals surface area contributed by atoms with Crippen LogP contribution in [0.15, 0.2) is 24.3 Å². The van der Waals surface area contributed by atoms with Crippen molar-refractivity contribution in [3.63, 3.8) is 0 Å². The van der Waals surface area contributed by atoms with Gasteiger partial charge in [-0.2, -0.15) is 0 Å². The van der Waals surface area contributed by atoms with Crippen molar-refractivity contribution in [2.24, 2.45) is 23.5 Å². The zero-order valence-electron chi connectivity index (χ0n) is 11.4. The second-order valence-corrected chi connectivity index (χ2v) is 6.14. The minimum Gasteiger partial charge on any atom is -0.352 e. The number of amides is 1. The number of benzene rings is 1. The third-order valence-corrected chi connectivity index (χ3v) is 4.83. The number of hydrogen-bond donors (Lipinski definition) is 2. The summed E-state index contributed by atoms with van der Waals surface area (Å²) in [6.45, 7) is 2.68. The maximum atomic E-state index is 12.3. The number of nitrogens with two attached hydrogens (primary N) is 1. The number of carbonyl (C=O) groups is 1. The molecule has 0 aromatic heterocycles. The molecular formula is C16H22N2O. The lowest BCUT2D eigenvalue weighted by Crippen LogP contribution is -2.45. The molecule has 0 radical (unpaired) electrons. The van der Waals surface area contributed by atoms with Crippen molar-refractivity contribution >= 4 is 5.91 Å². The first-order valence-corrected chi connectivity index (χ1v) is 7.24. The van der Waals surface area contributed by atoms with Crippen LogP contribution in [0.4, 0.5) is 0 Å². The fourth-order valence-corrected chi connectivity index (χ4v) is 3.85. The van der Waals surface area contributed by atoms with Gasteiger partial charge < -0.3 is 11.1 Å². The summed E-state index contributed by atoms with van der Waals surface area (Å²) in [5.74, 6) is 1.31. The van der Waals surface area contributed by atoms with E-state index < -0.39 is 0 Å². The Balaban J connectivity index is 1.60. The summed E-state index contributed by atoms with van der Waals surface area (Å²) in [4.78, 5) is 12.3. The van der Waals surface area contributed by atoms with Gasteiger partial charge in [-0.15, -0.1) is 0 Å². The molecule has 3 rings (SSSR count). The standard InChI is InChI=1S/C16H22N2O/c1-10-3-2-4-11(7-10)9-18-16(19)14-12-5-6-13(8-12)15(14)17/h2-4,7,12-15H,5-6,8-9,17H2,1H3,(H,18,19). The Kier molecular flexibility index (Phi) is 3.31. The van der Waals surface area contributed by atoms with Crippen LogP contribution in [0.2, 0.25) is 0 Å². The van der Waals surface area contributed by atoms with E-state index in [4.69, 9.17) is 5.73 Å². The molecule has 3 heteroatoms. The molecule has 2 bridgehead atoms. The number of carbonyl (C=O) groups excluding carboxylic acids is 1. The van der Waals surface area contributed by atoms with E-state index in [-0.39, 0.29) is 17.9 Å². The van der Waals surface area contributed by atoms with Crippen LogP contribution < -0.4 is 11.1 Å². The lowest BCUT2D eigenvalue weighted by atomic mass is 9.84. The van der Waals surface area contributed by atoms with Crippen LogP contribution >= 0.6 is 0 Å². The molecule has 2 aliphatic rings. The second kappa shape index (κ2) is 4.97. The van der Waals surface area contributed by atoms with Gasteiger partial charge in [0.15, 0.2) is 0 Å². The van der Waals surface area contributed by atoms with Crippen molar-refractivity contribution in [1.29, 1.82) is 0 Å². The molecule has 1 amide bonds. The highest BCUT2D eigenvalue weighted by Gasteiger charge is 2.48. The van der Waals surface area contributed by atoms with Crippen LogP contribution in [-0.4, -0.2) is 11.9 Å². The molecule has 0 aliphatic heterocycles. The smallest absolute Gasteiger partial charge is 0.225 e. The molecule has 2 saturated carbocycles. The monoisotopic (exact) mass is 258 g/mol. The first-order chi connectivity index (χ1) is 9.15. The number of rotatable bonds is 3. The van der Waals surface area contributed by atoms with Gasteiger partial charge in [0.1, 0.15) is 0 Å². The Morgan fingerprint density at radius 2 is 2.16 bits per heavy atom. The van der Waals surface area contributed by atoms with Gasteiger partial charge in [-0.3, -0.25) is 4.79 Å². The van der Waals surface area contributed by atoms with E-state index in [2.05, 4.69) is 24.4 Å². The fourth-order valence-electron chi connectivity index (χ4n) is 3.85. The molecule has 4 unspecified atom stereocenters. The predicted octanol–water partition coefficient (Wildman–Crippen LogP) is 1.98. The third-order valence-electron chi connectivity index (χ3n) is 4.83. The lowest BCUT2D eigenvalue weighted by molar-refractivity contribution is -0.127.